The van der Waals surface area contributed by atoms with Crippen molar-refractivity contribution in [3.05, 3.63) is 59.9 Å². The fraction of sp³-hybridized carbons (Fsp3) is 0.238. The molecule has 0 saturated carbocycles. The van der Waals surface area contributed by atoms with E-state index in [1.165, 1.54) is 49.7 Å². The second-order valence-electron chi connectivity index (χ2n) is 7.85. The Bertz CT molecular complexity index is 1270. The molecule has 11 heteroatoms. The molecule has 0 aliphatic carbocycles. The number of rotatable bonds is 7. The first kappa shape index (κ1) is 23.4. The van der Waals surface area contributed by atoms with Gasteiger partial charge in [0.15, 0.2) is 0 Å². The zero-order chi connectivity index (χ0) is 23.7. The number of carbonyl (C=O) groups excluding carboxylic acids is 2. The maximum absolute atomic E-state index is 13.4. The Morgan fingerprint density at radius 3 is 2.34 bits per heavy atom. The van der Waals surface area contributed by atoms with E-state index < -0.39 is 33.4 Å². The number of fused-ring (bicyclic) bond motifs is 1. The first-order valence-electron chi connectivity index (χ1n) is 9.43. The van der Waals surface area contributed by atoms with Crippen molar-refractivity contribution in [1.29, 1.82) is 0 Å². The Balaban J connectivity index is 1.82. The monoisotopic (exact) mass is 463 g/mol. The molecule has 2 amide bonds. The van der Waals surface area contributed by atoms with Crippen LogP contribution in [0.25, 0.3) is 22.3 Å². The Hall–Kier alpha value is -3.28. The van der Waals surface area contributed by atoms with Crippen molar-refractivity contribution in [2.24, 2.45) is 0 Å². The molecule has 3 aromatic rings. The largest absolute Gasteiger partial charge is 0.456 e. The van der Waals surface area contributed by atoms with E-state index in [1.54, 1.807) is 18.2 Å². The summed E-state index contributed by atoms with van der Waals surface area (Å²) >= 11 is 0. The van der Waals surface area contributed by atoms with E-state index in [4.69, 9.17) is 9.62 Å². The van der Waals surface area contributed by atoms with Gasteiger partial charge in [-0.2, -0.15) is 0 Å². The maximum Gasteiger partial charge on any atom is 0.267 e. The van der Waals surface area contributed by atoms with Crippen molar-refractivity contribution in [2.75, 3.05) is 6.26 Å². The Labute approximate surface area is 183 Å². The van der Waals surface area contributed by atoms with E-state index in [2.05, 4.69) is 10.0 Å². The van der Waals surface area contributed by atoms with Gasteiger partial charge in [-0.1, -0.05) is 12.1 Å². The number of furan rings is 1. The summed E-state index contributed by atoms with van der Waals surface area (Å²) < 4.78 is 44.6. The second-order valence-corrected chi connectivity index (χ2v) is 9.60. The molecule has 0 aliphatic rings. The van der Waals surface area contributed by atoms with Gasteiger partial charge < -0.3 is 9.73 Å². The lowest BCUT2D eigenvalue weighted by Crippen LogP contribution is -2.64. The molecule has 0 saturated heterocycles. The lowest BCUT2D eigenvalue weighted by atomic mass is 9.94. The van der Waals surface area contributed by atoms with Crippen LogP contribution >= 0.6 is 0 Å². The standard InChI is InChI=1S/C21H22FN3O6S/c1-21(2,25-32(3,29)30)18(20(27)24-28)23-19(26)13-6-4-12(5-7-13)17-11-14-10-15(22)8-9-16(14)31-17/h4-11,18,25,28H,1-3H3,(H,23,26)(H,24,27)/t18-/m1/s1. The van der Waals surface area contributed by atoms with Crippen LogP contribution in [0.5, 0.6) is 0 Å². The number of hydrogen-bond acceptors (Lipinski definition) is 6. The summed E-state index contributed by atoms with van der Waals surface area (Å²) in [5.41, 5.74) is 1.33. The van der Waals surface area contributed by atoms with E-state index in [-0.39, 0.29) is 11.4 Å². The predicted molar refractivity (Wildman–Crippen MR) is 115 cm³/mol. The second kappa shape index (κ2) is 8.69. The molecule has 1 heterocycles. The highest BCUT2D eigenvalue weighted by Crippen LogP contribution is 2.28. The van der Waals surface area contributed by atoms with Gasteiger partial charge in [0, 0.05) is 16.5 Å². The highest BCUT2D eigenvalue weighted by atomic mass is 32.2. The molecule has 0 spiro atoms. The highest BCUT2D eigenvalue weighted by molar-refractivity contribution is 7.88. The first-order valence-corrected chi connectivity index (χ1v) is 11.3. The minimum absolute atomic E-state index is 0.182. The smallest absolute Gasteiger partial charge is 0.267 e. The molecule has 0 fully saturated rings. The molecule has 32 heavy (non-hydrogen) atoms. The van der Waals surface area contributed by atoms with Crippen LogP contribution in [0.2, 0.25) is 0 Å². The van der Waals surface area contributed by atoms with Crippen LogP contribution in [0, 0.1) is 5.82 Å². The fourth-order valence-corrected chi connectivity index (χ4v) is 4.41. The SMILES string of the molecule is CC(C)(NS(C)(=O)=O)[C@H](NC(=O)c1ccc(-c2cc3cc(F)ccc3o2)cc1)C(=O)NO. The molecule has 9 nitrogen and oxygen atoms in total. The highest BCUT2D eigenvalue weighted by Gasteiger charge is 2.38. The molecule has 3 rings (SSSR count). The first-order chi connectivity index (χ1) is 14.9. The number of sulfonamides is 1. The summed E-state index contributed by atoms with van der Waals surface area (Å²) in [7, 11) is -3.72. The van der Waals surface area contributed by atoms with Gasteiger partial charge in [-0.25, -0.2) is 23.0 Å². The van der Waals surface area contributed by atoms with Crippen molar-refractivity contribution in [3.8, 4) is 11.3 Å². The lowest BCUT2D eigenvalue weighted by molar-refractivity contribution is -0.132. The lowest BCUT2D eigenvalue weighted by Gasteiger charge is -2.33. The van der Waals surface area contributed by atoms with Gasteiger partial charge in [-0.15, -0.1) is 0 Å². The van der Waals surface area contributed by atoms with Crippen molar-refractivity contribution in [2.45, 2.75) is 25.4 Å². The number of carbonyl (C=O) groups is 2. The van der Waals surface area contributed by atoms with Crippen molar-refractivity contribution < 1.29 is 32.0 Å². The van der Waals surface area contributed by atoms with Crippen LogP contribution in [0.1, 0.15) is 24.2 Å². The molecule has 0 unspecified atom stereocenters. The van der Waals surface area contributed by atoms with Crippen LogP contribution < -0.4 is 15.5 Å². The number of nitrogens with one attached hydrogen (secondary N) is 3. The summed E-state index contributed by atoms with van der Waals surface area (Å²) in [5, 5.41) is 12.1. The van der Waals surface area contributed by atoms with Gasteiger partial charge in [0.25, 0.3) is 11.8 Å². The summed E-state index contributed by atoms with van der Waals surface area (Å²) in [5.74, 6) is -1.56. The number of hydroxylamine groups is 1. The van der Waals surface area contributed by atoms with E-state index in [1.807, 2.05) is 0 Å². The predicted octanol–water partition coefficient (Wildman–Crippen LogP) is 2.17. The quantitative estimate of drug-likeness (QED) is 0.313. The van der Waals surface area contributed by atoms with Crippen molar-refractivity contribution in [3.63, 3.8) is 0 Å². The number of benzene rings is 2. The van der Waals surface area contributed by atoms with Gasteiger partial charge in [-0.3, -0.25) is 14.8 Å². The van der Waals surface area contributed by atoms with Crippen molar-refractivity contribution >= 4 is 32.8 Å². The molecular formula is C21H22FN3O6S. The molecule has 170 valence electrons. The van der Waals surface area contributed by atoms with Crippen LogP contribution in [-0.2, 0) is 14.8 Å². The van der Waals surface area contributed by atoms with E-state index in [0.29, 0.717) is 22.3 Å². The van der Waals surface area contributed by atoms with Gasteiger partial charge in [0.2, 0.25) is 10.0 Å². The Kier molecular flexibility index (Phi) is 6.35. The number of hydrogen-bond donors (Lipinski definition) is 4. The van der Waals surface area contributed by atoms with Crippen LogP contribution in [0.3, 0.4) is 0 Å². The topological polar surface area (TPSA) is 138 Å². The molecule has 1 atom stereocenters. The minimum Gasteiger partial charge on any atom is -0.456 e. The average molecular weight is 463 g/mol. The molecule has 0 radical (unpaired) electrons. The van der Waals surface area contributed by atoms with Gasteiger partial charge in [0.1, 0.15) is 23.2 Å². The number of halogens is 1. The molecule has 0 aliphatic heterocycles. The van der Waals surface area contributed by atoms with Gasteiger partial charge >= 0.3 is 0 Å². The summed E-state index contributed by atoms with van der Waals surface area (Å²) in [6.45, 7) is 2.78. The third-order valence-electron chi connectivity index (χ3n) is 4.73. The molecule has 1 aromatic heterocycles. The third-order valence-corrected chi connectivity index (χ3v) is 5.62. The van der Waals surface area contributed by atoms with Gasteiger partial charge in [0.05, 0.1) is 11.8 Å². The summed E-state index contributed by atoms with van der Waals surface area (Å²) in [4.78, 5) is 24.8. The zero-order valence-corrected chi connectivity index (χ0v) is 18.3. The maximum atomic E-state index is 13.4. The van der Waals surface area contributed by atoms with Crippen LogP contribution in [0.4, 0.5) is 4.39 Å². The third kappa shape index (κ3) is 5.31. The van der Waals surface area contributed by atoms with E-state index in [0.717, 1.165) is 6.26 Å². The van der Waals surface area contributed by atoms with Crippen LogP contribution in [-0.4, -0.2) is 43.3 Å². The molecule has 4 N–H and O–H groups in total. The summed E-state index contributed by atoms with van der Waals surface area (Å²) in [6, 6.07) is 10.6. The van der Waals surface area contributed by atoms with Crippen LogP contribution in [0.15, 0.2) is 52.9 Å². The number of amides is 2. The van der Waals surface area contributed by atoms with E-state index >= 15 is 0 Å². The molecule has 0 bridgehead atoms. The molecule has 2 aromatic carbocycles. The van der Waals surface area contributed by atoms with E-state index in [9.17, 15) is 22.4 Å². The zero-order valence-electron chi connectivity index (χ0n) is 17.5. The average Bonchev–Trinajstić information content (AvgIpc) is 3.12. The Morgan fingerprint density at radius 1 is 1.09 bits per heavy atom. The Morgan fingerprint density at radius 2 is 1.75 bits per heavy atom. The normalized spacial score (nSPS) is 13.0. The minimum atomic E-state index is -3.72. The van der Waals surface area contributed by atoms with Crippen molar-refractivity contribution in [1.82, 2.24) is 15.5 Å². The fourth-order valence-electron chi connectivity index (χ4n) is 3.33. The summed E-state index contributed by atoms with van der Waals surface area (Å²) in [6.07, 6.45) is 0.912. The van der Waals surface area contributed by atoms with Gasteiger partial charge in [-0.05, 0) is 50.2 Å². The molecular weight excluding hydrogens is 441 g/mol.